The van der Waals surface area contributed by atoms with Crippen molar-refractivity contribution in [2.24, 2.45) is 0 Å². The molecule has 0 bridgehead atoms. The highest BCUT2D eigenvalue weighted by Crippen LogP contribution is 2.04. The Hall–Kier alpha value is -1.70. The fourth-order valence-corrected chi connectivity index (χ4v) is 1.32. The second-order valence-electron chi connectivity index (χ2n) is 3.57. The first-order chi connectivity index (χ1) is 7.67. The number of carbonyl (C=O) groups excluding carboxylic acids is 1. The van der Waals surface area contributed by atoms with Crippen LogP contribution in [0.4, 0.5) is 0 Å². The minimum Gasteiger partial charge on any atom is -0.395 e. The number of hydrogen-bond donors (Lipinski definition) is 1. The number of likely N-dealkylation sites (N-methyl/N-ethyl adjacent to an activating group) is 1. The average molecular weight is 218 g/mol. The Balaban J connectivity index is 2.63. The highest BCUT2D eigenvalue weighted by atomic mass is 16.3. The molecule has 1 aromatic rings. The third-order valence-electron chi connectivity index (χ3n) is 2.23. The number of rotatable bonds is 5. The van der Waals surface area contributed by atoms with Gasteiger partial charge in [-0.25, -0.2) is 0 Å². The van der Waals surface area contributed by atoms with Gasteiger partial charge in [-0.15, -0.1) is 0 Å². The smallest absolute Gasteiger partial charge is 0.176 e. The molecule has 84 valence electrons. The van der Waals surface area contributed by atoms with E-state index in [-0.39, 0.29) is 18.9 Å². The molecule has 0 spiro atoms. The van der Waals surface area contributed by atoms with Gasteiger partial charge in [-0.3, -0.25) is 9.69 Å². The van der Waals surface area contributed by atoms with Gasteiger partial charge in [-0.2, -0.15) is 5.26 Å². The topological polar surface area (TPSA) is 64.3 Å². The van der Waals surface area contributed by atoms with Crippen LogP contribution in [0.5, 0.6) is 0 Å². The van der Waals surface area contributed by atoms with Crippen LogP contribution in [0.15, 0.2) is 24.3 Å². The normalized spacial score (nSPS) is 10.1. The fourth-order valence-electron chi connectivity index (χ4n) is 1.32. The number of hydrogen-bond acceptors (Lipinski definition) is 4. The quantitative estimate of drug-likeness (QED) is 0.737. The van der Waals surface area contributed by atoms with Crippen LogP contribution in [-0.4, -0.2) is 42.5 Å². The van der Waals surface area contributed by atoms with E-state index >= 15 is 0 Å². The molecule has 4 nitrogen and oxygen atoms in total. The first kappa shape index (κ1) is 12.4. The van der Waals surface area contributed by atoms with Crippen LogP contribution in [0.2, 0.25) is 0 Å². The SMILES string of the molecule is CN(CCO)CC(=O)c1ccc(C#N)cc1. The Kier molecular flexibility index (Phi) is 4.65. The molecule has 0 amide bonds. The van der Waals surface area contributed by atoms with Crippen LogP contribution >= 0.6 is 0 Å². The van der Waals surface area contributed by atoms with Gasteiger partial charge in [0.15, 0.2) is 5.78 Å². The van der Waals surface area contributed by atoms with Crippen molar-refractivity contribution in [3.05, 3.63) is 35.4 Å². The lowest BCUT2D eigenvalue weighted by molar-refractivity contribution is 0.0936. The van der Waals surface area contributed by atoms with Gasteiger partial charge in [-0.1, -0.05) is 12.1 Å². The van der Waals surface area contributed by atoms with Crippen LogP contribution in [0, 0.1) is 11.3 Å². The van der Waals surface area contributed by atoms with Gasteiger partial charge in [0.25, 0.3) is 0 Å². The van der Waals surface area contributed by atoms with Crippen molar-refractivity contribution in [2.75, 3.05) is 26.7 Å². The number of aliphatic hydroxyl groups is 1. The highest BCUT2D eigenvalue weighted by Gasteiger charge is 2.08. The molecule has 1 aromatic carbocycles. The maximum Gasteiger partial charge on any atom is 0.176 e. The van der Waals surface area contributed by atoms with Crippen molar-refractivity contribution in [1.29, 1.82) is 5.26 Å². The van der Waals surface area contributed by atoms with E-state index in [0.29, 0.717) is 17.7 Å². The third-order valence-corrected chi connectivity index (χ3v) is 2.23. The zero-order valence-corrected chi connectivity index (χ0v) is 9.18. The van der Waals surface area contributed by atoms with E-state index in [4.69, 9.17) is 10.4 Å². The van der Waals surface area contributed by atoms with Crippen molar-refractivity contribution in [1.82, 2.24) is 4.90 Å². The van der Waals surface area contributed by atoms with E-state index < -0.39 is 0 Å². The summed E-state index contributed by atoms with van der Waals surface area (Å²) in [7, 11) is 1.78. The van der Waals surface area contributed by atoms with Crippen LogP contribution in [0.25, 0.3) is 0 Å². The molecule has 0 fully saturated rings. The predicted octanol–water partition coefficient (Wildman–Crippen LogP) is 0.665. The Morgan fingerprint density at radius 3 is 2.56 bits per heavy atom. The van der Waals surface area contributed by atoms with Crippen molar-refractivity contribution < 1.29 is 9.90 Å². The summed E-state index contributed by atoms with van der Waals surface area (Å²) in [6.07, 6.45) is 0. The third kappa shape index (κ3) is 3.46. The number of nitriles is 1. The molecule has 0 saturated heterocycles. The minimum absolute atomic E-state index is 0.0135. The summed E-state index contributed by atoms with van der Waals surface area (Å²) in [5, 5.41) is 17.3. The van der Waals surface area contributed by atoms with Crippen LogP contribution in [0.1, 0.15) is 15.9 Å². The zero-order valence-electron chi connectivity index (χ0n) is 9.18. The van der Waals surface area contributed by atoms with Gasteiger partial charge < -0.3 is 5.11 Å². The maximum absolute atomic E-state index is 11.7. The monoisotopic (exact) mass is 218 g/mol. The summed E-state index contributed by atoms with van der Waals surface area (Å²) in [5.74, 6) is -0.0135. The fraction of sp³-hybridized carbons (Fsp3) is 0.333. The largest absolute Gasteiger partial charge is 0.395 e. The first-order valence-corrected chi connectivity index (χ1v) is 5.00. The van der Waals surface area contributed by atoms with Crippen LogP contribution in [-0.2, 0) is 0 Å². The van der Waals surface area contributed by atoms with E-state index in [1.165, 1.54) is 0 Å². The summed E-state index contributed by atoms with van der Waals surface area (Å²) in [5.41, 5.74) is 1.13. The number of aliphatic hydroxyl groups excluding tert-OH is 1. The Bertz CT molecular complexity index is 392. The molecule has 0 saturated carbocycles. The average Bonchev–Trinajstić information content (AvgIpc) is 2.29. The van der Waals surface area contributed by atoms with Gasteiger partial charge in [0.05, 0.1) is 24.8 Å². The van der Waals surface area contributed by atoms with Crippen molar-refractivity contribution in [3.8, 4) is 6.07 Å². The van der Waals surface area contributed by atoms with Crippen molar-refractivity contribution >= 4 is 5.78 Å². The lowest BCUT2D eigenvalue weighted by Crippen LogP contribution is -2.28. The minimum atomic E-state index is -0.0135. The standard InChI is InChI=1S/C12H14N2O2/c1-14(6-7-15)9-12(16)11-4-2-10(8-13)3-5-11/h2-5,15H,6-7,9H2,1H3. The molecule has 0 aliphatic heterocycles. The number of ketones is 1. The van der Waals surface area contributed by atoms with E-state index in [1.807, 2.05) is 6.07 Å². The molecule has 0 radical (unpaired) electrons. The van der Waals surface area contributed by atoms with E-state index in [1.54, 1.807) is 36.2 Å². The van der Waals surface area contributed by atoms with Crippen molar-refractivity contribution in [2.45, 2.75) is 0 Å². The second kappa shape index (κ2) is 6.01. The van der Waals surface area contributed by atoms with Gasteiger partial charge in [-0.05, 0) is 19.2 Å². The Labute approximate surface area is 94.7 Å². The Morgan fingerprint density at radius 2 is 2.06 bits per heavy atom. The zero-order chi connectivity index (χ0) is 12.0. The molecule has 0 unspecified atom stereocenters. The highest BCUT2D eigenvalue weighted by molar-refractivity contribution is 5.97. The summed E-state index contributed by atoms with van der Waals surface area (Å²) < 4.78 is 0. The Morgan fingerprint density at radius 1 is 1.44 bits per heavy atom. The molecule has 0 aliphatic rings. The molecule has 0 heterocycles. The molecule has 1 N–H and O–H groups in total. The van der Waals surface area contributed by atoms with Gasteiger partial charge in [0.2, 0.25) is 0 Å². The van der Waals surface area contributed by atoms with Gasteiger partial charge in [0, 0.05) is 12.1 Å². The van der Waals surface area contributed by atoms with Crippen LogP contribution in [0.3, 0.4) is 0 Å². The van der Waals surface area contributed by atoms with Gasteiger partial charge in [0.1, 0.15) is 0 Å². The first-order valence-electron chi connectivity index (χ1n) is 5.00. The second-order valence-corrected chi connectivity index (χ2v) is 3.57. The number of benzene rings is 1. The lowest BCUT2D eigenvalue weighted by atomic mass is 10.1. The number of nitrogens with zero attached hydrogens (tertiary/aromatic N) is 2. The molecule has 0 atom stereocenters. The summed E-state index contributed by atoms with van der Waals surface area (Å²) >= 11 is 0. The number of carbonyl (C=O) groups is 1. The van der Waals surface area contributed by atoms with E-state index in [9.17, 15) is 4.79 Å². The molecular formula is C12H14N2O2. The maximum atomic E-state index is 11.7. The molecular weight excluding hydrogens is 204 g/mol. The summed E-state index contributed by atoms with van der Waals surface area (Å²) in [6.45, 7) is 0.783. The molecule has 0 aliphatic carbocycles. The van der Waals surface area contributed by atoms with E-state index in [2.05, 4.69) is 0 Å². The van der Waals surface area contributed by atoms with E-state index in [0.717, 1.165) is 0 Å². The molecule has 0 aromatic heterocycles. The molecule has 16 heavy (non-hydrogen) atoms. The molecule has 4 heteroatoms. The molecule has 1 rings (SSSR count). The van der Waals surface area contributed by atoms with Crippen molar-refractivity contribution in [3.63, 3.8) is 0 Å². The summed E-state index contributed by atoms with van der Waals surface area (Å²) in [4.78, 5) is 13.5. The lowest BCUT2D eigenvalue weighted by Gasteiger charge is -2.13. The number of Topliss-reactive ketones (excluding diaryl/α,β-unsaturated/α-hetero) is 1. The summed E-state index contributed by atoms with van der Waals surface area (Å²) in [6, 6.07) is 8.54. The van der Waals surface area contributed by atoms with Crippen LogP contribution < -0.4 is 0 Å². The predicted molar refractivity (Wildman–Crippen MR) is 60.1 cm³/mol. The van der Waals surface area contributed by atoms with Gasteiger partial charge >= 0.3 is 0 Å².